The molecule has 27 heavy (non-hydrogen) atoms. The number of hydrogen-bond donors (Lipinski definition) is 1. The third kappa shape index (κ3) is 4.14. The number of nitrogens with zero attached hydrogens (tertiary/aromatic N) is 3. The Labute approximate surface area is 160 Å². The molecule has 0 atom stereocenters. The third-order valence-electron chi connectivity index (χ3n) is 6.05. The number of aromatic hydroxyl groups is 1. The highest BCUT2D eigenvalue weighted by Crippen LogP contribution is 2.32. The monoisotopic (exact) mass is 365 g/mol. The smallest absolute Gasteiger partial charge is 0.255 e. The zero-order chi connectivity index (χ0) is 18.6. The van der Waals surface area contributed by atoms with Crippen LogP contribution in [0.25, 0.3) is 0 Å². The Balaban J connectivity index is 1.28. The number of rotatable bonds is 3. The summed E-state index contributed by atoms with van der Waals surface area (Å²) in [7, 11) is 0. The number of carbonyl (C=O) groups excluding carboxylic acids is 1. The van der Waals surface area contributed by atoms with Crippen molar-refractivity contribution in [2.75, 3.05) is 26.2 Å². The van der Waals surface area contributed by atoms with Crippen molar-refractivity contribution in [2.45, 2.75) is 37.6 Å². The van der Waals surface area contributed by atoms with E-state index in [4.69, 9.17) is 0 Å². The molecule has 2 saturated heterocycles. The fourth-order valence-electron chi connectivity index (χ4n) is 4.48. The second-order valence-electron chi connectivity index (χ2n) is 7.67. The fourth-order valence-corrected chi connectivity index (χ4v) is 4.48. The van der Waals surface area contributed by atoms with Crippen LogP contribution in [0.3, 0.4) is 0 Å². The fraction of sp³-hybridized carbons (Fsp3) is 0.455. The molecule has 0 aliphatic carbocycles. The molecule has 142 valence electrons. The van der Waals surface area contributed by atoms with E-state index in [9.17, 15) is 9.90 Å². The van der Waals surface area contributed by atoms with Crippen LogP contribution < -0.4 is 0 Å². The summed E-state index contributed by atoms with van der Waals surface area (Å²) in [5.74, 6) is 1.00. The Morgan fingerprint density at radius 3 is 2.44 bits per heavy atom. The van der Waals surface area contributed by atoms with Gasteiger partial charge in [0.05, 0.1) is 5.56 Å². The van der Waals surface area contributed by atoms with Gasteiger partial charge in [-0.05, 0) is 74.5 Å². The molecule has 4 rings (SSSR count). The lowest BCUT2D eigenvalue weighted by Crippen LogP contribution is -2.48. The Kier molecular flexibility index (Phi) is 5.39. The molecule has 2 aromatic rings. The lowest BCUT2D eigenvalue weighted by molar-refractivity contribution is 0.0577. The maximum atomic E-state index is 12.6. The summed E-state index contributed by atoms with van der Waals surface area (Å²) in [6.45, 7) is 3.85. The normalized spacial score (nSPS) is 19.9. The van der Waals surface area contributed by atoms with Crippen molar-refractivity contribution < 1.29 is 9.90 Å². The molecule has 1 aromatic carbocycles. The first-order valence-corrected chi connectivity index (χ1v) is 9.93. The van der Waals surface area contributed by atoms with E-state index in [0.29, 0.717) is 23.3 Å². The summed E-state index contributed by atoms with van der Waals surface area (Å²) in [5, 5.41) is 9.71. The lowest BCUT2D eigenvalue weighted by Gasteiger charge is -2.42. The zero-order valence-electron chi connectivity index (χ0n) is 15.6. The number of likely N-dealkylation sites (tertiary alicyclic amines) is 2. The van der Waals surface area contributed by atoms with Crippen LogP contribution in [0, 0.1) is 0 Å². The molecule has 5 heteroatoms. The van der Waals surface area contributed by atoms with Gasteiger partial charge in [0.2, 0.25) is 0 Å². The first-order valence-electron chi connectivity index (χ1n) is 9.93. The van der Waals surface area contributed by atoms with Crippen molar-refractivity contribution in [3.8, 4) is 5.75 Å². The number of benzene rings is 1. The van der Waals surface area contributed by atoms with Crippen LogP contribution in [0.5, 0.6) is 5.75 Å². The van der Waals surface area contributed by atoms with Gasteiger partial charge in [0.25, 0.3) is 5.91 Å². The largest absolute Gasteiger partial charge is 0.508 e. The number of aromatic nitrogens is 1. The van der Waals surface area contributed by atoms with Crippen LogP contribution in [0.2, 0.25) is 0 Å². The van der Waals surface area contributed by atoms with Crippen LogP contribution in [-0.2, 0) is 0 Å². The summed E-state index contributed by atoms with van der Waals surface area (Å²) in [5.41, 5.74) is 1.94. The predicted molar refractivity (Wildman–Crippen MR) is 105 cm³/mol. The summed E-state index contributed by atoms with van der Waals surface area (Å²) in [4.78, 5) is 21.2. The lowest BCUT2D eigenvalue weighted by atomic mass is 9.88. The molecule has 3 heterocycles. The van der Waals surface area contributed by atoms with Crippen molar-refractivity contribution in [1.82, 2.24) is 14.8 Å². The second-order valence-corrected chi connectivity index (χ2v) is 7.67. The number of piperidine rings is 2. The van der Waals surface area contributed by atoms with E-state index in [2.05, 4.69) is 16.0 Å². The molecule has 1 amide bonds. The van der Waals surface area contributed by atoms with E-state index < -0.39 is 0 Å². The van der Waals surface area contributed by atoms with Crippen LogP contribution >= 0.6 is 0 Å². The third-order valence-corrected chi connectivity index (χ3v) is 6.05. The molecular formula is C22H27N3O2. The van der Waals surface area contributed by atoms with Crippen molar-refractivity contribution in [2.24, 2.45) is 0 Å². The van der Waals surface area contributed by atoms with E-state index in [0.717, 1.165) is 51.9 Å². The Morgan fingerprint density at radius 1 is 1.00 bits per heavy atom. The highest BCUT2D eigenvalue weighted by molar-refractivity contribution is 5.93. The van der Waals surface area contributed by atoms with Crippen LogP contribution in [0.15, 0.2) is 48.8 Å². The topological polar surface area (TPSA) is 56.7 Å². The van der Waals surface area contributed by atoms with E-state index in [1.165, 1.54) is 5.56 Å². The zero-order valence-corrected chi connectivity index (χ0v) is 15.6. The molecule has 0 saturated carbocycles. The number of hydrogen-bond acceptors (Lipinski definition) is 4. The first kappa shape index (κ1) is 18.0. The minimum atomic E-state index is 0.101. The van der Waals surface area contributed by atoms with Crippen LogP contribution in [0.1, 0.15) is 47.5 Å². The SMILES string of the molecule is O=C(c1cccnc1)N1CCC(N2CCC(c3cccc(O)c3)CC2)CC1. The molecule has 2 aliphatic rings. The number of phenolic OH excluding ortho intramolecular Hbond substituents is 1. The molecule has 0 bridgehead atoms. The van der Waals surface area contributed by atoms with Gasteiger partial charge in [-0.3, -0.25) is 9.78 Å². The quantitative estimate of drug-likeness (QED) is 0.907. The molecule has 0 unspecified atom stereocenters. The Bertz CT molecular complexity index is 764. The van der Waals surface area contributed by atoms with Crippen molar-refractivity contribution in [1.29, 1.82) is 0 Å². The average molecular weight is 365 g/mol. The molecule has 0 spiro atoms. The van der Waals surface area contributed by atoms with Gasteiger partial charge in [0, 0.05) is 31.5 Å². The molecule has 2 aliphatic heterocycles. The van der Waals surface area contributed by atoms with E-state index in [1.54, 1.807) is 18.5 Å². The summed E-state index contributed by atoms with van der Waals surface area (Å²) < 4.78 is 0. The van der Waals surface area contributed by atoms with Gasteiger partial charge in [-0.2, -0.15) is 0 Å². The van der Waals surface area contributed by atoms with Crippen molar-refractivity contribution in [3.63, 3.8) is 0 Å². The number of pyridine rings is 1. The van der Waals surface area contributed by atoms with Gasteiger partial charge in [-0.25, -0.2) is 0 Å². The van der Waals surface area contributed by atoms with Crippen molar-refractivity contribution in [3.05, 3.63) is 59.9 Å². The Morgan fingerprint density at radius 2 is 1.78 bits per heavy atom. The average Bonchev–Trinajstić information content (AvgIpc) is 2.74. The highest BCUT2D eigenvalue weighted by atomic mass is 16.3. The van der Waals surface area contributed by atoms with Crippen LogP contribution in [0.4, 0.5) is 0 Å². The van der Waals surface area contributed by atoms with E-state index >= 15 is 0 Å². The molecule has 1 N–H and O–H groups in total. The predicted octanol–water partition coefficient (Wildman–Crippen LogP) is 3.27. The minimum Gasteiger partial charge on any atom is -0.508 e. The summed E-state index contributed by atoms with van der Waals surface area (Å²) >= 11 is 0. The highest BCUT2D eigenvalue weighted by Gasteiger charge is 2.30. The van der Waals surface area contributed by atoms with Gasteiger partial charge in [0.1, 0.15) is 5.75 Å². The molecule has 5 nitrogen and oxygen atoms in total. The van der Waals surface area contributed by atoms with Gasteiger partial charge in [0.15, 0.2) is 0 Å². The second kappa shape index (κ2) is 8.09. The number of carbonyl (C=O) groups is 1. The standard InChI is InChI=1S/C22H27N3O2/c26-21-5-1-3-18(15-21)17-6-11-24(12-7-17)20-8-13-25(14-9-20)22(27)19-4-2-10-23-16-19/h1-5,10,15-17,20,26H,6-9,11-14H2. The minimum absolute atomic E-state index is 0.101. The molecule has 2 fully saturated rings. The number of phenols is 1. The van der Waals surface area contributed by atoms with Gasteiger partial charge >= 0.3 is 0 Å². The van der Waals surface area contributed by atoms with E-state index in [1.807, 2.05) is 29.2 Å². The number of amides is 1. The summed E-state index contributed by atoms with van der Waals surface area (Å²) in [6.07, 6.45) is 7.71. The Hall–Kier alpha value is -2.40. The van der Waals surface area contributed by atoms with Gasteiger partial charge in [-0.1, -0.05) is 12.1 Å². The summed E-state index contributed by atoms with van der Waals surface area (Å²) in [6, 6.07) is 11.9. The van der Waals surface area contributed by atoms with Crippen molar-refractivity contribution >= 4 is 5.91 Å². The molecule has 0 radical (unpaired) electrons. The van der Waals surface area contributed by atoms with Gasteiger partial charge in [-0.15, -0.1) is 0 Å². The maximum Gasteiger partial charge on any atom is 0.255 e. The first-order chi connectivity index (χ1) is 13.2. The molecular weight excluding hydrogens is 338 g/mol. The van der Waals surface area contributed by atoms with E-state index in [-0.39, 0.29) is 5.91 Å². The van der Waals surface area contributed by atoms with Gasteiger partial charge < -0.3 is 14.9 Å². The maximum absolute atomic E-state index is 12.6. The van der Waals surface area contributed by atoms with Crippen LogP contribution in [-0.4, -0.2) is 58.0 Å². The molecule has 1 aromatic heterocycles.